The van der Waals surface area contributed by atoms with Crippen LogP contribution in [0.5, 0.6) is 5.75 Å². The number of nitrogens with one attached hydrogen (secondary N) is 1. The van der Waals surface area contributed by atoms with Crippen molar-refractivity contribution in [2.24, 2.45) is 0 Å². The summed E-state index contributed by atoms with van der Waals surface area (Å²) in [5.41, 5.74) is 1.80. The first-order valence-electron chi connectivity index (χ1n) is 8.50. The van der Waals surface area contributed by atoms with E-state index in [4.69, 9.17) is 9.47 Å². The fourth-order valence-corrected chi connectivity index (χ4v) is 3.36. The maximum Gasteiger partial charge on any atom is 0.243 e. The van der Waals surface area contributed by atoms with E-state index in [0.29, 0.717) is 31.2 Å². The van der Waals surface area contributed by atoms with Gasteiger partial charge < -0.3 is 19.7 Å². The highest BCUT2D eigenvalue weighted by molar-refractivity contribution is 5.95. The van der Waals surface area contributed by atoms with Crippen LogP contribution in [0, 0.1) is 0 Å². The van der Waals surface area contributed by atoms with Gasteiger partial charge in [-0.1, -0.05) is 6.07 Å². The molecule has 1 N–H and O–H groups in total. The summed E-state index contributed by atoms with van der Waals surface area (Å²) in [5, 5.41) is 2.85. The topological polar surface area (TPSA) is 67.9 Å². The lowest BCUT2D eigenvalue weighted by molar-refractivity contribution is -0.131. The molecule has 24 heavy (non-hydrogen) atoms. The van der Waals surface area contributed by atoms with Crippen LogP contribution in [0.3, 0.4) is 0 Å². The SMILES string of the molecule is COc1cc(NC(=O)CN2CCCC2=O)ccc1C1CCCOC1. The number of rotatable bonds is 5. The minimum atomic E-state index is -0.180. The number of ether oxygens (including phenoxy) is 2. The molecule has 1 aromatic rings. The van der Waals surface area contributed by atoms with E-state index in [-0.39, 0.29) is 18.4 Å². The molecular weight excluding hydrogens is 308 g/mol. The Morgan fingerprint density at radius 1 is 1.42 bits per heavy atom. The fourth-order valence-electron chi connectivity index (χ4n) is 3.36. The Morgan fingerprint density at radius 2 is 2.29 bits per heavy atom. The molecule has 1 unspecified atom stereocenters. The Hall–Kier alpha value is -2.08. The summed E-state index contributed by atoms with van der Waals surface area (Å²) in [7, 11) is 1.64. The van der Waals surface area contributed by atoms with E-state index in [0.717, 1.165) is 37.2 Å². The number of benzene rings is 1. The van der Waals surface area contributed by atoms with E-state index < -0.39 is 0 Å². The minimum absolute atomic E-state index is 0.0513. The normalized spacial score (nSPS) is 21.0. The molecule has 2 heterocycles. The first kappa shape index (κ1) is 16.8. The highest BCUT2D eigenvalue weighted by Crippen LogP contribution is 2.34. The lowest BCUT2D eigenvalue weighted by Gasteiger charge is -2.24. The summed E-state index contributed by atoms with van der Waals surface area (Å²) in [6.45, 7) is 2.30. The quantitative estimate of drug-likeness (QED) is 0.897. The van der Waals surface area contributed by atoms with Crippen LogP contribution in [-0.2, 0) is 14.3 Å². The highest BCUT2D eigenvalue weighted by Gasteiger charge is 2.23. The summed E-state index contributed by atoms with van der Waals surface area (Å²) in [6, 6.07) is 5.72. The molecule has 0 spiro atoms. The number of likely N-dealkylation sites (tertiary alicyclic amines) is 1. The van der Waals surface area contributed by atoms with Gasteiger partial charge in [0.1, 0.15) is 5.75 Å². The Bertz CT molecular complexity index is 611. The molecule has 2 amide bonds. The molecule has 0 aromatic heterocycles. The lowest BCUT2D eigenvalue weighted by Crippen LogP contribution is -2.33. The van der Waals surface area contributed by atoms with E-state index in [1.807, 2.05) is 18.2 Å². The van der Waals surface area contributed by atoms with Gasteiger partial charge in [0.2, 0.25) is 11.8 Å². The van der Waals surface area contributed by atoms with Gasteiger partial charge in [0.05, 0.1) is 20.3 Å². The second-order valence-corrected chi connectivity index (χ2v) is 6.34. The number of hydrogen-bond acceptors (Lipinski definition) is 4. The molecule has 1 atom stereocenters. The van der Waals surface area contributed by atoms with Gasteiger partial charge in [0, 0.05) is 37.2 Å². The zero-order chi connectivity index (χ0) is 16.9. The van der Waals surface area contributed by atoms with Gasteiger partial charge in [-0.3, -0.25) is 9.59 Å². The molecule has 1 aromatic carbocycles. The summed E-state index contributed by atoms with van der Waals surface area (Å²) < 4.78 is 11.1. The molecule has 3 rings (SSSR count). The Labute approximate surface area is 142 Å². The third-order valence-corrected chi connectivity index (χ3v) is 4.62. The van der Waals surface area contributed by atoms with Gasteiger partial charge in [-0.15, -0.1) is 0 Å². The number of methoxy groups -OCH3 is 1. The number of hydrogen-bond donors (Lipinski definition) is 1. The summed E-state index contributed by atoms with van der Waals surface area (Å²) in [5.74, 6) is 0.970. The Kier molecular flexibility index (Phi) is 5.35. The van der Waals surface area contributed by atoms with Crippen LogP contribution in [0.1, 0.15) is 37.2 Å². The summed E-state index contributed by atoms with van der Waals surface area (Å²) in [6.07, 6.45) is 3.51. The second-order valence-electron chi connectivity index (χ2n) is 6.34. The van der Waals surface area contributed by atoms with Gasteiger partial charge in [-0.25, -0.2) is 0 Å². The van der Waals surface area contributed by atoms with Crippen molar-refractivity contribution in [3.63, 3.8) is 0 Å². The monoisotopic (exact) mass is 332 g/mol. The fraction of sp³-hybridized carbons (Fsp3) is 0.556. The van der Waals surface area contributed by atoms with Crippen LogP contribution in [-0.4, -0.2) is 50.1 Å². The molecule has 0 bridgehead atoms. The van der Waals surface area contributed by atoms with Gasteiger partial charge in [0.25, 0.3) is 0 Å². The van der Waals surface area contributed by atoms with Crippen molar-refractivity contribution < 1.29 is 19.1 Å². The zero-order valence-corrected chi connectivity index (χ0v) is 14.0. The molecule has 2 aliphatic rings. The second kappa shape index (κ2) is 7.66. The van der Waals surface area contributed by atoms with E-state index in [1.165, 1.54) is 0 Å². The third-order valence-electron chi connectivity index (χ3n) is 4.62. The van der Waals surface area contributed by atoms with E-state index in [1.54, 1.807) is 12.0 Å². The van der Waals surface area contributed by atoms with Gasteiger partial charge >= 0.3 is 0 Å². The average Bonchev–Trinajstić information content (AvgIpc) is 3.00. The Balaban J connectivity index is 1.65. The number of amides is 2. The first-order chi connectivity index (χ1) is 11.7. The molecule has 130 valence electrons. The number of nitrogens with zero attached hydrogens (tertiary/aromatic N) is 1. The van der Waals surface area contributed by atoms with Gasteiger partial charge in [0.15, 0.2) is 0 Å². The Morgan fingerprint density at radius 3 is 2.96 bits per heavy atom. The molecular formula is C18H24N2O4. The number of carbonyl (C=O) groups is 2. The van der Waals surface area contributed by atoms with Crippen molar-refractivity contribution in [2.45, 2.75) is 31.6 Å². The van der Waals surface area contributed by atoms with Crippen LogP contribution in [0.15, 0.2) is 18.2 Å². The van der Waals surface area contributed by atoms with Crippen molar-refractivity contribution in [1.29, 1.82) is 0 Å². The van der Waals surface area contributed by atoms with Crippen molar-refractivity contribution >= 4 is 17.5 Å². The van der Waals surface area contributed by atoms with Crippen molar-refractivity contribution in [1.82, 2.24) is 4.90 Å². The number of carbonyl (C=O) groups excluding carboxylic acids is 2. The smallest absolute Gasteiger partial charge is 0.243 e. The molecule has 0 radical (unpaired) electrons. The molecule has 2 fully saturated rings. The summed E-state index contributed by atoms with van der Waals surface area (Å²) >= 11 is 0. The van der Waals surface area contributed by atoms with Crippen molar-refractivity contribution in [2.75, 3.05) is 38.7 Å². The van der Waals surface area contributed by atoms with Crippen LogP contribution >= 0.6 is 0 Å². The standard InChI is InChI=1S/C18H24N2O4/c1-23-16-10-14(6-7-15(16)13-4-3-9-24-12-13)19-17(21)11-20-8-2-5-18(20)22/h6-7,10,13H,2-5,8-9,11-12H2,1H3,(H,19,21). The molecule has 2 aliphatic heterocycles. The largest absolute Gasteiger partial charge is 0.496 e. The van der Waals surface area contributed by atoms with E-state index >= 15 is 0 Å². The van der Waals surface area contributed by atoms with Crippen molar-refractivity contribution in [3.8, 4) is 5.75 Å². The van der Waals surface area contributed by atoms with Gasteiger partial charge in [-0.2, -0.15) is 0 Å². The molecule has 0 saturated carbocycles. The van der Waals surface area contributed by atoms with E-state index in [2.05, 4.69) is 5.32 Å². The molecule has 2 saturated heterocycles. The first-order valence-corrected chi connectivity index (χ1v) is 8.50. The molecule has 0 aliphatic carbocycles. The molecule has 6 nitrogen and oxygen atoms in total. The maximum absolute atomic E-state index is 12.1. The predicted molar refractivity (Wildman–Crippen MR) is 90.2 cm³/mol. The van der Waals surface area contributed by atoms with Crippen LogP contribution < -0.4 is 10.1 Å². The lowest BCUT2D eigenvalue weighted by atomic mass is 9.92. The minimum Gasteiger partial charge on any atom is -0.496 e. The highest BCUT2D eigenvalue weighted by atomic mass is 16.5. The third kappa shape index (κ3) is 3.87. The average molecular weight is 332 g/mol. The van der Waals surface area contributed by atoms with Crippen molar-refractivity contribution in [3.05, 3.63) is 23.8 Å². The summed E-state index contributed by atoms with van der Waals surface area (Å²) in [4.78, 5) is 25.3. The molecule has 6 heteroatoms. The van der Waals surface area contributed by atoms with Crippen LogP contribution in [0.4, 0.5) is 5.69 Å². The maximum atomic E-state index is 12.1. The van der Waals surface area contributed by atoms with Crippen LogP contribution in [0.2, 0.25) is 0 Å². The van der Waals surface area contributed by atoms with Crippen LogP contribution in [0.25, 0.3) is 0 Å². The van der Waals surface area contributed by atoms with Gasteiger partial charge in [-0.05, 0) is 30.9 Å². The zero-order valence-electron chi connectivity index (χ0n) is 14.0. The number of anilines is 1. The predicted octanol–water partition coefficient (Wildman–Crippen LogP) is 2.15. The van der Waals surface area contributed by atoms with E-state index in [9.17, 15) is 9.59 Å².